The highest BCUT2D eigenvalue weighted by atomic mass is 16.4. The summed E-state index contributed by atoms with van der Waals surface area (Å²) in [6.07, 6.45) is 2.01. The molecule has 0 amide bonds. The van der Waals surface area contributed by atoms with Gasteiger partial charge in [0.2, 0.25) is 11.8 Å². The van der Waals surface area contributed by atoms with Gasteiger partial charge in [-0.05, 0) is 26.7 Å². The Labute approximate surface area is 97.8 Å². The Balaban J connectivity index is 2.45. The standard InChI is InChI=1S/C12H23N3O/c1-6-9(2)7-10-14-15-11(16-10)8-13-12(3,4)5/h9,13H,6-8H2,1-5H3. The molecule has 16 heavy (non-hydrogen) atoms. The van der Waals surface area contributed by atoms with Crippen molar-refractivity contribution in [2.45, 2.75) is 59.5 Å². The molecular weight excluding hydrogens is 202 g/mol. The van der Waals surface area contributed by atoms with Crippen molar-refractivity contribution in [2.24, 2.45) is 5.92 Å². The molecule has 0 spiro atoms. The van der Waals surface area contributed by atoms with Crippen LogP contribution in [0.1, 0.15) is 52.8 Å². The third kappa shape index (κ3) is 4.75. The second kappa shape index (κ2) is 5.43. The van der Waals surface area contributed by atoms with Crippen molar-refractivity contribution < 1.29 is 4.42 Å². The monoisotopic (exact) mass is 225 g/mol. The highest BCUT2D eigenvalue weighted by molar-refractivity contribution is 4.84. The van der Waals surface area contributed by atoms with Gasteiger partial charge in [-0.2, -0.15) is 0 Å². The molecule has 0 aromatic carbocycles. The Bertz CT molecular complexity index is 314. The lowest BCUT2D eigenvalue weighted by Gasteiger charge is -2.18. The van der Waals surface area contributed by atoms with E-state index in [9.17, 15) is 0 Å². The first-order valence-electron chi connectivity index (χ1n) is 5.97. The Hall–Kier alpha value is -0.900. The summed E-state index contributed by atoms with van der Waals surface area (Å²) in [6, 6.07) is 0. The third-order valence-corrected chi connectivity index (χ3v) is 2.50. The predicted octanol–water partition coefficient (Wildman–Crippen LogP) is 2.55. The van der Waals surface area contributed by atoms with Crippen LogP contribution in [-0.2, 0) is 13.0 Å². The van der Waals surface area contributed by atoms with Gasteiger partial charge < -0.3 is 9.73 Å². The predicted molar refractivity (Wildman–Crippen MR) is 64.0 cm³/mol. The van der Waals surface area contributed by atoms with Gasteiger partial charge in [0.15, 0.2) is 0 Å². The van der Waals surface area contributed by atoms with E-state index in [4.69, 9.17) is 4.42 Å². The first-order valence-corrected chi connectivity index (χ1v) is 5.97. The molecule has 1 atom stereocenters. The summed E-state index contributed by atoms with van der Waals surface area (Å²) in [7, 11) is 0. The van der Waals surface area contributed by atoms with E-state index < -0.39 is 0 Å². The Morgan fingerprint density at radius 1 is 1.25 bits per heavy atom. The average molecular weight is 225 g/mol. The van der Waals surface area contributed by atoms with Gasteiger partial charge in [0.25, 0.3) is 0 Å². The van der Waals surface area contributed by atoms with Gasteiger partial charge in [0.1, 0.15) is 0 Å². The molecule has 1 heterocycles. The van der Waals surface area contributed by atoms with E-state index in [2.05, 4.69) is 50.1 Å². The van der Waals surface area contributed by atoms with Gasteiger partial charge >= 0.3 is 0 Å². The maximum atomic E-state index is 5.57. The van der Waals surface area contributed by atoms with E-state index >= 15 is 0 Å². The SMILES string of the molecule is CCC(C)Cc1nnc(CNC(C)(C)C)o1. The van der Waals surface area contributed by atoms with Crippen molar-refractivity contribution in [2.75, 3.05) is 0 Å². The van der Waals surface area contributed by atoms with Crippen molar-refractivity contribution in [3.63, 3.8) is 0 Å². The third-order valence-electron chi connectivity index (χ3n) is 2.50. The number of hydrogen-bond donors (Lipinski definition) is 1. The van der Waals surface area contributed by atoms with Gasteiger partial charge in [-0.25, -0.2) is 0 Å². The molecule has 4 heteroatoms. The van der Waals surface area contributed by atoms with Crippen LogP contribution in [0.2, 0.25) is 0 Å². The maximum Gasteiger partial charge on any atom is 0.230 e. The van der Waals surface area contributed by atoms with Crippen molar-refractivity contribution in [3.8, 4) is 0 Å². The van der Waals surface area contributed by atoms with Crippen LogP contribution in [-0.4, -0.2) is 15.7 Å². The molecule has 1 unspecified atom stereocenters. The van der Waals surface area contributed by atoms with Gasteiger partial charge in [0, 0.05) is 12.0 Å². The molecule has 1 aromatic rings. The molecule has 0 aliphatic heterocycles. The van der Waals surface area contributed by atoms with Crippen LogP contribution in [0.4, 0.5) is 0 Å². The van der Waals surface area contributed by atoms with Crippen LogP contribution >= 0.6 is 0 Å². The Morgan fingerprint density at radius 3 is 2.44 bits per heavy atom. The molecule has 1 rings (SSSR count). The molecule has 1 aromatic heterocycles. The molecule has 0 aliphatic rings. The zero-order chi connectivity index (χ0) is 12.2. The molecule has 1 N–H and O–H groups in total. The zero-order valence-corrected chi connectivity index (χ0v) is 11.0. The number of aromatic nitrogens is 2. The topological polar surface area (TPSA) is 51.0 Å². The van der Waals surface area contributed by atoms with Crippen LogP contribution in [0.25, 0.3) is 0 Å². The number of hydrogen-bond acceptors (Lipinski definition) is 4. The summed E-state index contributed by atoms with van der Waals surface area (Å²) < 4.78 is 5.57. The van der Waals surface area contributed by atoms with Gasteiger partial charge in [-0.1, -0.05) is 20.3 Å². The number of rotatable bonds is 5. The highest BCUT2D eigenvalue weighted by Gasteiger charge is 2.13. The van der Waals surface area contributed by atoms with Crippen LogP contribution in [0.3, 0.4) is 0 Å². The van der Waals surface area contributed by atoms with E-state index in [1.807, 2.05) is 0 Å². The Morgan fingerprint density at radius 2 is 1.88 bits per heavy atom. The van der Waals surface area contributed by atoms with Crippen LogP contribution in [0, 0.1) is 5.92 Å². The summed E-state index contributed by atoms with van der Waals surface area (Å²) in [6.45, 7) is 11.3. The summed E-state index contributed by atoms with van der Waals surface area (Å²) in [5.74, 6) is 2.03. The second-order valence-electron chi connectivity index (χ2n) is 5.41. The Kier molecular flexibility index (Phi) is 4.47. The van der Waals surface area contributed by atoms with E-state index in [-0.39, 0.29) is 5.54 Å². The van der Waals surface area contributed by atoms with E-state index in [0.29, 0.717) is 18.4 Å². The van der Waals surface area contributed by atoms with Crippen molar-refractivity contribution in [1.29, 1.82) is 0 Å². The summed E-state index contributed by atoms with van der Waals surface area (Å²) in [5, 5.41) is 11.4. The average Bonchev–Trinajstić information content (AvgIpc) is 2.61. The summed E-state index contributed by atoms with van der Waals surface area (Å²) in [4.78, 5) is 0. The fourth-order valence-electron chi connectivity index (χ4n) is 1.23. The zero-order valence-electron chi connectivity index (χ0n) is 11.0. The lowest BCUT2D eigenvalue weighted by atomic mass is 10.1. The molecule has 0 saturated carbocycles. The normalized spacial score (nSPS) is 14.1. The quantitative estimate of drug-likeness (QED) is 0.836. The van der Waals surface area contributed by atoms with E-state index in [1.165, 1.54) is 0 Å². The fourth-order valence-corrected chi connectivity index (χ4v) is 1.23. The van der Waals surface area contributed by atoms with Gasteiger partial charge in [-0.3, -0.25) is 0 Å². The molecule has 0 fully saturated rings. The summed E-state index contributed by atoms with van der Waals surface area (Å²) in [5.41, 5.74) is 0.0747. The van der Waals surface area contributed by atoms with Crippen LogP contribution in [0.15, 0.2) is 4.42 Å². The molecule has 92 valence electrons. The molecule has 0 aliphatic carbocycles. The minimum atomic E-state index is 0.0747. The lowest BCUT2D eigenvalue weighted by molar-refractivity contribution is 0.361. The summed E-state index contributed by atoms with van der Waals surface area (Å²) >= 11 is 0. The maximum absolute atomic E-state index is 5.57. The highest BCUT2D eigenvalue weighted by Crippen LogP contribution is 2.10. The number of nitrogens with one attached hydrogen (secondary N) is 1. The van der Waals surface area contributed by atoms with Gasteiger partial charge in [0.05, 0.1) is 6.54 Å². The number of nitrogens with zero attached hydrogens (tertiary/aromatic N) is 2. The van der Waals surface area contributed by atoms with E-state index in [0.717, 1.165) is 18.7 Å². The largest absolute Gasteiger partial charge is 0.424 e. The molecular formula is C12H23N3O. The fraction of sp³-hybridized carbons (Fsp3) is 0.833. The lowest BCUT2D eigenvalue weighted by Crippen LogP contribution is -2.35. The molecule has 0 radical (unpaired) electrons. The van der Waals surface area contributed by atoms with Crippen molar-refractivity contribution in [1.82, 2.24) is 15.5 Å². The van der Waals surface area contributed by atoms with Crippen molar-refractivity contribution >= 4 is 0 Å². The first-order chi connectivity index (χ1) is 7.40. The first kappa shape index (κ1) is 13.2. The van der Waals surface area contributed by atoms with E-state index in [1.54, 1.807) is 0 Å². The van der Waals surface area contributed by atoms with Crippen LogP contribution < -0.4 is 5.32 Å². The smallest absolute Gasteiger partial charge is 0.230 e. The van der Waals surface area contributed by atoms with Crippen molar-refractivity contribution in [3.05, 3.63) is 11.8 Å². The molecule has 0 saturated heterocycles. The molecule has 0 bridgehead atoms. The van der Waals surface area contributed by atoms with Crippen LogP contribution in [0.5, 0.6) is 0 Å². The second-order valence-corrected chi connectivity index (χ2v) is 5.41. The molecule has 4 nitrogen and oxygen atoms in total. The minimum absolute atomic E-state index is 0.0747. The minimum Gasteiger partial charge on any atom is -0.424 e. The van der Waals surface area contributed by atoms with Gasteiger partial charge in [-0.15, -0.1) is 10.2 Å².